The third-order valence-corrected chi connectivity index (χ3v) is 4.26. The van der Waals surface area contributed by atoms with Crippen LogP contribution in [0.1, 0.15) is 27.7 Å². The molecule has 4 N–H and O–H groups in total. The van der Waals surface area contributed by atoms with Gasteiger partial charge in [0.1, 0.15) is 17.2 Å². The highest BCUT2D eigenvalue weighted by Gasteiger charge is 2.33. The van der Waals surface area contributed by atoms with Crippen LogP contribution in [0.2, 0.25) is 0 Å². The smallest absolute Gasteiger partial charge is 0.465 e. The van der Waals surface area contributed by atoms with Crippen LogP contribution >= 0.6 is 0 Å². The summed E-state index contributed by atoms with van der Waals surface area (Å²) in [6, 6.07) is 3.85. The maximum atomic E-state index is 14.4. The van der Waals surface area contributed by atoms with Crippen molar-refractivity contribution in [1.29, 1.82) is 0 Å². The number of aromatic amines is 1. The van der Waals surface area contributed by atoms with Crippen molar-refractivity contribution in [3.8, 4) is 5.75 Å². The Balaban J connectivity index is 2.00. The van der Waals surface area contributed by atoms with E-state index in [2.05, 4.69) is 20.0 Å². The van der Waals surface area contributed by atoms with Gasteiger partial charge in [0.05, 0.1) is 11.6 Å². The van der Waals surface area contributed by atoms with Crippen LogP contribution in [0.4, 0.5) is 32.4 Å². The van der Waals surface area contributed by atoms with Gasteiger partial charge in [-0.05, 0) is 35.9 Å². The number of halogens is 5. The van der Waals surface area contributed by atoms with E-state index in [4.69, 9.17) is 5.11 Å². The van der Waals surface area contributed by atoms with Crippen molar-refractivity contribution in [2.24, 2.45) is 0 Å². The first-order valence-corrected chi connectivity index (χ1v) is 9.14. The van der Waals surface area contributed by atoms with Crippen LogP contribution in [-0.4, -0.2) is 33.4 Å². The van der Waals surface area contributed by atoms with Crippen molar-refractivity contribution in [2.45, 2.75) is 12.4 Å². The monoisotopic (exact) mass is 484 g/mol. The molecule has 0 aliphatic carbocycles. The van der Waals surface area contributed by atoms with Gasteiger partial charge in [-0.2, -0.15) is 0 Å². The number of nitrogens with zero attached hydrogens (tertiary/aromatic N) is 1. The zero-order chi connectivity index (χ0) is 25.0. The molecule has 0 radical (unpaired) electrons. The quantitative estimate of drug-likeness (QED) is 0.396. The predicted octanol–water partition coefficient (Wildman–Crippen LogP) is 3.56. The Morgan fingerprint density at radius 3 is 2.47 bits per heavy atom. The van der Waals surface area contributed by atoms with E-state index in [0.29, 0.717) is 12.1 Å². The summed E-state index contributed by atoms with van der Waals surface area (Å²) in [4.78, 5) is 41.2. The minimum Gasteiger partial charge on any atom is -0.465 e. The number of amides is 2. The molecule has 0 saturated heterocycles. The largest absolute Gasteiger partial charge is 0.573 e. The second-order valence-corrected chi connectivity index (χ2v) is 6.58. The van der Waals surface area contributed by atoms with E-state index in [1.807, 2.05) is 0 Å². The van der Waals surface area contributed by atoms with Crippen molar-refractivity contribution in [2.75, 3.05) is 5.32 Å². The Kier molecular flexibility index (Phi) is 6.79. The number of carbonyl (C=O) groups is 2. The number of ether oxygens (including phenoxy) is 1. The lowest BCUT2D eigenvalue weighted by molar-refractivity contribution is -0.275. The van der Waals surface area contributed by atoms with Gasteiger partial charge < -0.3 is 20.1 Å². The molecule has 3 rings (SSSR count). The van der Waals surface area contributed by atoms with Crippen LogP contribution in [0, 0.1) is 11.6 Å². The fourth-order valence-corrected chi connectivity index (χ4v) is 2.86. The van der Waals surface area contributed by atoms with E-state index in [1.54, 1.807) is 5.32 Å². The number of pyridine rings is 2. The molecule has 0 fully saturated rings. The van der Waals surface area contributed by atoms with Gasteiger partial charge in [0.2, 0.25) is 0 Å². The maximum Gasteiger partial charge on any atom is 0.573 e. The first-order valence-electron chi connectivity index (χ1n) is 9.14. The van der Waals surface area contributed by atoms with E-state index in [9.17, 15) is 36.3 Å². The molecular weight excluding hydrogens is 471 g/mol. The number of nitrogens with one attached hydrogen (secondary N) is 3. The SMILES string of the molecule is O=C(O)Nc1cc(C(=O)NC(c2ccc(OC(F)(F)F)c(F)c2)c2ncccc2F)c[nH]c1=O. The maximum absolute atomic E-state index is 14.4. The molecule has 0 spiro atoms. The summed E-state index contributed by atoms with van der Waals surface area (Å²) in [5.41, 5.74) is -2.20. The fraction of sp³-hybridized carbons (Fsp3) is 0.100. The molecular formula is C20H13F5N4O5. The van der Waals surface area contributed by atoms with Crippen molar-refractivity contribution >= 4 is 17.7 Å². The molecule has 1 atom stereocenters. The molecule has 0 aliphatic rings. The fourth-order valence-electron chi connectivity index (χ4n) is 2.86. The van der Waals surface area contributed by atoms with Gasteiger partial charge in [0.25, 0.3) is 11.5 Å². The van der Waals surface area contributed by atoms with Crippen molar-refractivity contribution in [1.82, 2.24) is 15.3 Å². The number of carbonyl (C=O) groups excluding carboxylic acids is 1. The Morgan fingerprint density at radius 2 is 1.85 bits per heavy atom. The van der Waals surface area contributed by atoms with Crippen LogP contribution in [0.3, 0.4) is 0 Å². The zero-order valence-electron chi connectivity index (χ0n) is 16.6. The summed E-state index contributed by atoms with van der Waals surface area (Å²) < 4.78 is 69.6. The van der Waals surface area contributed by atoms with E-state index in [-0.39, 0.29) is 11.1 Å². The van der Waals surface area contributed by atoms with Crippen molar-refractivity contribution < 1.29 is 41.4 Å². The highest BCUT2D eigenvalue weighted by atomic mass is 19.4. The number of carboxylic acid groups (broad SMARTS) is 1. The van der Waals surface area contributed by atoms with Gasteiger partial charge in [-0.25, -0.2) is 13.6 Å². The predicted molar refractivity (Wildman–Crippen MR) is 105 cm³/mol. The first kappa shape index (κ1) is 24.2. The summed E-state index contributed by atoms with van der Waals surface area (Å²) in [6.07, 6.45) is -4.62. The topological polar surface area (TPSA) is 133 Å². The number of aromatic nitrogens is 2. The second kappa shape index (κ2) is 9.56. The third kappa shape index (κ3) is 5.85. The second-order valence-electron chi connectivity index (χ2n) is 6.58. The zero-order valence-corrected chi connectivity index (χ0v) is 16.6. The molecule has 0 bridgehead atoms. The molecule has 0 saturated carbocycles. The lowest BCUT2D eigenvalue weighted by Crippen LogP contribution is -2.31. The molecule has 3 aromatic rings. The number of hydrogen-bond donors (Lipinski definition) is 4. The van der Waals surface area contributed by atoms with E-state index in [1.165, 1.54) is 12.3 Å². The van der Waals surface area contributed by atoms with E-state index in [0.717, 1.165) is 24.4 Å². The molecule has 2 heterocycles. The highest BCUT2D eigenvalue weighted by molar-refractivity contribution is 5.96. The molecule has 1 aromatic carbocycles. The molecule has 34 heavy (non-hydrogen) atoms. The Morgan fingerprint density at radius 1 is 1.12 bits per heavy atom. The van der Waals surface area contributed by atoms with Crippen LogP contribution in [0.15, 0.2) is 53.6 Å². The van der Waals surface area contributed by atoms with Gasteiger partial charge >= 0.3 is 12.5 Å². The van der Waals surface area contributed by atoms with Crippen LogP contribution in [0.5, 0.6) is 5.75 Å². The number of anilines is 1. The van der Waals surface area contributed by atoms with Crippen LogP contribution in [-0.2, 0) is 0 Å². The number of H-pyrrole nitrogens is 1. The molecule has 0 aliphatic heterocycles. The summed E-state index contributed by atoms with van der Waals surface area (Å²) in [5.74, 6) is -4.48. The van der Waals surface area contributed by atoms with Gasteiger partial charge in [0, 0.05) is 12.4 Å². The Bertz CT molecular complexity index is 1290. The number of benzene rings is 1. The van der Waals surface area contributed by atoms with E-state index >= 15 is 0 Å². The standard InChI is InChI=1S/C20H13F5N4O5/c21-11-2-1-5-26-16(11)15(9-3-4-14(12(22)6-9)34-20(23,24)25)29-17(30)10-7-13(28-19(32)33)18(31)27-8-10/h1-8,15,28H,(H,27,31)(H,29,30)(H,32,33). The number of alkyl halides is 3. The van der Waals surface area contributed by atoms with Crippen molar-refractivity contribution in [3.63, 3.8) is 0 Å². The average Bonchev–Trinajstić information content (AvgIpc) is 2.74. The molecule has 1 unspecified atom stereocenters. The van der Waals surface area contributed by atoms with Crippen LogP contribution in [0.25, 0.3) is 0 Å². The summed E-state index contributed by atoms with van der Waals surface area (Å²) in [7, 11) is 0. The normalized spacial score (nSPS) is 12.0. The molecule has 2 aromatic heterocycles. The molecule has 2 amide bonds. The van der Waals surface area contributed by atoms with E-state index < -0.39 is 58.7 Å². The lowest BCUT2D eigenvalue weighted by Gasteiger charge is -2.20. The highest BCUT2D eigenvalue weighted by Crippen LogP contribution is 2.30. The van der Waals surface area contributed by atoms with Gasteiger partial charge in [0.15, 0.2) is 11.6 Å². The molecule has 14 heteroatoms. The third-order valence-electron chi connectivity index (χ3n) is 4.26. The number of hydrogen-bond acceptors (Lipinski definition) is 5. The van der Waals surface area contributed by atoms with Gasteiger partial charge in [-0.15, -0.1) is 13.2 Å². The minimum absolute atomic E-state index is 0.189. The Hall–Kier alpha value is -4.49. The van der Waals surface area contributed by atoms with Gasteiger partial charge in [-0.3, -0.25) is 19.9 Å². The molecule has 9 nitrogen and oxygen atoms in total. The number of rotatable bonds is 6. The first-order chi connectivity index (χ1) is 15.9. The van der Waals surface area contributed by atoms with Gasteiger partial charge in [-0.1, -0.05) is 6.07 Å². The van der Waals surface area contributed by atoms with Crippen LogP contribution < -0.4 is 20.9 Å². The molecule has 178 valence electrons. The minimum atomic E-state index is -5.16. The summed E-state index contributed by atoms with van der Waals surface area (Å²) in [6.45, 7) is 0. The summed E-state index contributed by atoms with van der Waals surface area (Å²) >= 11 is 0. The summed E-state index contributed by atoms with van der Waals surface area (Å²) in [5, 5.41) is 12.9. The average molecular weight is 484 g/mol. The van der Waals surface area contributed by atoms with Crippen molar-refractivity contribution in [3.05, 3.63) is 87.6 Å². The Labute approximate surface area is 186 Å². The lowest BCUT2D eigenvalue weighted by atomic mass is 10.0.